The standard InChI is InChI=1S/C17H22F3NO2.C2H6/c1-16(23,17(18,19)20)13-10-8-12(9-11-13)15(22)21(2)14-6-4-3-5-7-14;1-2/h8-11,14,23H,3-7H2,1-2H3;1-2H3. The number of hydrogen-bond donors (Lipinski definition) is 1. The van der Waals surface area contributed by atoms with Crippen molar-refractivity contribution in [2.45, 2.75) is 70.7 Å². The van der Waals surface area contributed by atoms with Gasteiger partial charge in [-0.2, -0.15) is 13.2 Å². The maximum absolute atomic E-state index is 12.8. The molecule has 25 heavy (non-hydrogen) atoms. The molecular weight excluding hydrogens is 331 g/mol. The highest BCUT2D eigenvalue weighted by molar-refractivity contribution is 5.94. The van der Waals surface area contributed by atoms with Crippen molar-refractivity contribution in [3.8, 4) is 0 Å². The van der Waals surface area contributed by atoms with Crippen molar-refractivity contribution in [2.24, 2.45) is 0 Å². The molecule has 0 bridgehead atoms. The third-order valence-corrected chi connectivity index (χ3v) is 4.69. The van der Waals surface area contributed by atoms with Crippen molar-refractivity contribution in [1.82, 2.24) is 4.90 Å². The number of rotatable bonds is 3. The van der Waals surface area contributed by atoms with Gasteiger partial charge in [0.05, 0.1) is 0 Å². The monoisotopic (exact) mass is 359 g/mol. The van der Waals surface area contributed by atoms with E-state index in [2.05, 4.69) is 0 Å². The highest BCUT2D eigenvalue weighted by Crippen LogP contribution is 2.38. The molecule has 1 atom stereocenters. The SMILES string of the molecule is CC.CN(C(=O)c1ccc(C(C)(O)C(F)(F)F)cc1)C1CCCCC1. The lowest BCUT2D eigenvalue weighted by Gasteiger charge is -2.31. The topological polar surface area (TPSA) is 40.5 Å². The summed E-state index contributed by atoms with van der Waals surface area (Å²) in [7, 11) is 1.73. The minimum Gasteiger partial charge on any atom is -0.376 e. The fourth-order valence-electron chi connectivity index (χ4n) is 2.94. The van der Waals surface area contributed by atoms with Crippen LogP contribution in [0.5, 0.6) is 0 Å². The Balaban J connectivity index is 0.00000151. The van der Waals surface area contributed by atoms with Gasteiger partial charge >= 0.3 is 6.18 Å². The van der Waals surface area contributed by atoms with Gasteiger partial charge in [-0.05, 0) is 37.5 Å². The van der Waals surface area contributed by atoms with E-state index in [1.54, 1.807) is 11.9 Å². The molecular formula is C19H28F3NO2. The van der Waals surface area contributed by atoms with Gasteiger partial charge in [0, 0.05) is 18.7 Å². The van der Waals surface area contributed by atoms with Gasteiger partial charge < -0.3 is 10.0 Å². The molecule has 1 fully saturated rings. The highest BCUT2D eigenvalue weighted by atomic mass is 19.4. The van der Waals surface area contributed by atoms with Gasteiger partial charge in [0.1, 0.15) is 0 Å². The van der Waals surface area contributed by atoms with Crippen LogP contribution in [0.3, 0.4) is 0 Å². The maximum atomic E-state index is 12.8. The van der Waals surface area contributed by atoms with E-state index < -0.39 is 11.8 Å². The molecule has 0 saturated heterocycles. The Labute approximate surface area is 147 Å². The van der Waals surface area contributed by atoms with Crippen LogP contribution in [0.2, 0.25) is 0 Å². The molecule has 3 nitrogen and oxygen atoms in total. The quantitative estimate of drug-likeness (QED) is 0.835. The summed E-state index contributed by atoms with van der Waals surface area (Å²) in [5.41, 5.74) is -2.87. The lowest BCUT2D eigenvalue weighted by Crippen LogP contribution is -2.39. The van der Waals surface area contributed by atoms with Crippen LogP contribution in [0.15, 0.2) is 24.3 Å². The molecule has 0 radical (unpaired) electrons. The molecule has 6 heteroatoms. The first-order chi connectivity index (χ1) is 11.6. The van der Waals surface area contributed by atoms with Gasteiger partial charge in [0.2, 0.25) is 0 Å². The molecule has 1 aliphatic carbocycles. The fraction of sp³-hybridized carbons (Fsp3) is 0.632. The van der Waals surface area contributed by atoms with Crippen LogP contribution in [-0.2, 0) is 5.60 Å². The van der Waals surface area contributed by atoms with Crippen molar-refractivity contribution >= 4 is 5.91 Å². The van der Waals surface area contributed by atoms with Gasteiger partial charge in [-0.3, -0.25) is 4.79 Å². The molecule has 1 N–H and O–H groups in total. The van der Waals surface area contributed by atoms with Gasteiger partial charge in [0.15, 0.2) is 5.60 Å². The third kappa shape index (κ3) is 4.97. The van der Waals surface area contributed by atoms with Crippen molar-refractivity contribution in [1.29, 1.82) is 0 Å². The van der Waals surface area contributed by atoms with Crippen LogP contribution >= 0.6 is 0 Å². The number of hydrogen-bond acceptors (Lipinski definition) is 2. The molecule has 0 heterocycles. The predicted octanol–water partition coefficient (Wildman–Crippen LogP) is 4.89. The lowest BCUT2D eigenvalue weighted by molar-refractivity contribution is -0.258. The Kier molecular flexibility index (Phi) is 7.47. The Morgan fingerprint density at radius 3 is 2.00 bits per heavy atom. The summed E-state index contributed by atoms with van der Waals surface area (Å²) in [5, 5.41) is 9.64. The zero-order chi connectivity index (χ0) is 19.3. The maximum Gasteiger partial charge on any atom is 0.421 e. The summed E-state index contributed by atoms with van der Waals surface area (Å²) in [5.74, 6) is -0.199. The van der Waals surface area contributed by atoms with Crippen LogP contribution < -0.4 is 0 Å². The summed E-state index contributed by atoms with van der Waals surface area (Å²) < 4.78 is 38.5. The normalized spacial score (nSPS) is 17.9. The van der Waals surface area contributed by atoms with Crippen LogP contribution in [-0.4, -0.2) is 35.2 Å². The molecule has 0 aromatic heterocycles. The summed E-state index contributed by atoms with van der Waals surface area (Å²) in [6, 6.07) is 5.20. The first-order valence-corrected chi connectivity index (χ1v) is 8.81. The van der Waals surface area contributed by atoms with Gasteiger partial charge in [-0.1, -0.05) is 45.2 Å². The number of carbonyl (C=O) groups excluding carboxylic acids is 1. The first-order valence-electron chi connectivity index (χ1n) is 8.81. The van der Waals surface area contributed by atoms with Crippen LogP contribution in [0, 0.1) is 0 Å². The number of alkyl halides is 3. The summed E-state index contributed by atoms with van der Waals surface area (Å²) in [6.07, 6.45) is 0.523. The summed E-state index contributed by atoms with van der Waals surface area (Å²) in [4.78, 5) is 14.1. The smallest absolute Gasteiger partial charge is 0.376 e. The zero-order valence-electron chi connectivity index (χ0n) is 15.4. The van der Waals surface area contributed by atoms with E-state index in [4.69, 9.17) is 0 Å². The van der Waals surface area contributed by atoms with Gasteiger partial charge in [0.25, 0.3) is 5.91 Å². The predicted molar refractivity (Wildman–Crippen MR) is 92.4 cm³/mol. The average molecular weight is 359 g/mol. The molecule has 0 spiro atoms. The first kappa shape index (κ1) is 21.5. The molecule has 1 aliphatic rings. The largest absolute Gasteiger partial charge is 0.421 e. The molecule has 1 unspecified atom stereocenters. The fourth-order valence-corrected chi connectivity index (χ4v) is 2.94. The van der Waals surface area contributed by atoms with Gasteiger partial charge in [-0.15, -0.1) is 0 Å². The molecule has 1 saturated carbocycles. The Bertz CT molecular complexity index is 547. The van der Waals surface area contributed by atoms with Crippen LogP contribution in [0.1, 0.15) is 68.8 Å². The second-order valence-corrected chi connectivity index (χ2v) is 6.36. The minimum absolute atomic E-state index is 0.189. The van der Waals surface area contributed by atoms with Crippen LogP contribution in [0.4, 0.5) is 13.2 Å². The number of halogens is 3. The second-order valence-electron chi connectivity index (χ2n) is 6.36. The Morgan fingerprint density at radius 1 is 1.08 bits per heavy atom. The van der Waals surface area contributed by atoms with E-state index in [1.807, 2.05) is 13.8 Å². The van der Waals surface area contributed by atoms with Crippen molar-refractivity contribution < 1.29 is 23.1 Å². The number of aliphatic hydroxyl groups is 1. The van der Waals surface area contributed by atoms with Crippen molar-refractivity contribution in [2.75, 3.05) is 7.05 Å². The molecule has 1 aromatic carbocycles. The highest BCUT2D eigenvalue weighted by Gasteiger charge is 2.51. The molecule has 142 valence electrons. The Hall–Kier alpha value is -1.56. The van der Waals surface area contributed by atoms with E-state index in [0.717, 1.165) is 37.8 Å². The molecule has 2 rings (SSSR count). The lowest BCUT2D eigenvalue weighted by atomic mass is 9.93. The van der Waals surface area contributed by atoms with E-state index in [9.17, 15) is 23.1 Å². The summed E-state index contributed by atoms with van der Waals surface area (Å²) >= 11 is 0. The average Bonchev–Trinajstić information content (AvgIpc) is 2.62. The summed E-state index contributed by atoms with van der Waals surface area (Å²) in [6.45, 7) is 4.71. The van der Waals surface area contributed by atoms with Crippen molar-refractivity contribution in [3.63, 3.8) is 0 Å². The minimum atomic E-state index is -4.77. The van der Waals surface area contributed by atoms with Crippen LogP contribution in [0.25, 0.3) is 0 Å². The van der Waals surface area contributed by atoms with Crippen molar-refractivity contribution in [3.05, 3.63) is 35.4 Å². The molecule has 1 aromatic rings. The number of nitrogens with zero attached hydrogens (tertiary/aromatic N) is 1. The van der Waals surface area contributed by atoms with E-state index in [-0.39, 0.29) is 17.5 Å². The Morgan fingerprint density at radius 2 is 1.56 bits per heavy atom. The van der Waals surface area contributed by atoms with E-state index in [1.165, 1.54) is 18.6 Å². The number of carbonyl (C=O) groups is 1. The zero-order valence-corrected chi connectivity index (χ0v) is 15.4. The number of amides is 1. The molecule has 1 amide bonds. The van der Waals surface area contributed by atoms with Gasteiger partial charge in [-0.25, -0.2) is 0 Å². The van der Waals surface area contributed by atoms with E-state index in [0.29, 0.717) is 12.5 Å². The number of benzene rings is 1. The molecule has 0 aliphatic heterocycles. The van der Waals surface area contributed by atoms with E-state index >= 15 is 0 Å². The third-order valence-electron chi connectivity index (χ3n) is 4.69. The second kappa shape index (κ2) is 8.70.